The summed E-state index contributed by atoms with van der Waals surface area (Å²) in [6, 6.07) is 2.15. The third-order valence-electron chi connectivity index (χ3n) is 1.77. The van der Waals surface area contributed by atoms with Crippen LogP contribution in [0.3, 0.4) is 0 Å². The summed E-state index contributed by atoms with van der Waals surface area (Å²) in [6.45, 7) is 2.14. The van der Waals surface area contributed by atoms with Crippen LogP contribution in [0.4, 0.5) is 0 Å². The van der Waals surface area contributed by atoms with Gasteiger partial charge in [-0.3, -0.25) is 0 Å². The zero-order valence-corrected chi connectivity index (χ0v) is 7.40. The lowest BCUT2D eigenvalue weighted by Crippen LogP contribution is -2.22. The average Bonchev–Trinajstić information content (AvgIpc) is 2.06. The molecule has 1 heterocycles. The SMILES string of the molecule is CCCC(N)Cc1ccncn1. The van der Waals surface area contributed by atoms with Gasteiger partial charge in [-0.25, -0.2) is 9.97 Å². The van der Waals surface area contributed by atoms with Crippen LogP contribution in [0.25, 0.3) is 0 Å². The molecule has 0 fully saturated rings. The van der Waals surface area contributed by atoms with Crippen LogP contribution in [0.15, 0.2) is 18.6 Å². The van der Waals surface area contributed by atoms with Gasteiger partial charge in [-0.1, -0.05) is 13.3 Å². The zero-order valence-electron chi connectivity index (χ0n) is 7.40. The van der Waals surface area contributed by atoms with Gasteiger partial charge in [0.25, 0.3) is 0 Å². The second-order valence-corrected chi connectivity index (χ2v) is 2.95. The minimum atomic E-state index is 0.241. The van der Waals surface area contributed by atoms with Crippen LogP contribution in [-0.2, 0) is 6.42 Å². The lowest BCUT2D eigenvalue weighted by atomic mass is 10.1. The van der Waals surface area contributed by atoms with Crippen LogP contribution >= 0.6 is 0 Å². The van der Waals surface area contributed by atoms with Crippen molar-refractivity contribution in [2.75, 3.05) is 0 Å². The van der Waals surface area contributed by atoms with E-state index in [4.69, 9.17) is 5.73 Å². The van der Waals surface area contributed by atoms with Gasteiger partial charge in [-0.15, -0.1) is 0 Å². The predicted molar refractivity (Wildman–Crippen MR) is 48.6 cm³/mol. The van der Waals surface area contributed by atoms with Gasteiger partial charge in [0.1, 0.15) is 6.33 Å². The molecule has 0 bridgehead atoms. The summed E-state index contributed by atoms with van der Waals surface area (Å²) in [6.07, 6.45) is 6.36. The zero-order chi connectivity index (χ0) is 8.81. The molecule has 3 nitrogen and oxygen atoms in total. The van der Waals surface area contributed by atoms with E-state index in [2.05, 4.69) is 16.9 Å². The van der Waals surface area contributed by atoms with E-state index in [0.717, 1.165) is 25.0 Å². The van der Waals surface area contributed by atoms with E-state index in [1.807, 2.05) is 6.07 Å². The van der Waals surface area contributed by atoms with Crippen molar-refractivity contribution in [3.05, 3.63) is 24.3 Å². The highest BCUT2D eigenvalue weighted by Gasteiger charge is 2.02. The average molecular weight is 165 g/mol. The molecule has 0 aliphatic carbocycles. The Morgan fingerprint density at radius 2 is 2.42 bits per heavy atom. The summed E-state index contributed by atoms with van der Waals surface area (Å²) in [5, 5.41) is 0. The third kappa shape index (κ3) is 2.96. The van der Waals surface area contributed by atoms with E-state index in [1.54, 1.807) is 12.5 Å². The number of aromatic nitrogens is 2. The Morgan fingerprint density at radius 3 is 3.00 bits per heavy atom. The fourth-order valence-electron chi connectivity index (χ4n) is 1.18. The molecule has 3 heteroatoms. The molecule has 12 heavy (non-hydrogen) atoms. The Morgan fingerprint density at radius 1 is 1.58 bits per heavy atom. The molecule has 0 aliphatic heterocycles. The van der Waals surface area contributed by atoms with Crippen molar-refractivity contribution in [3.8, 4) is 0 Å². The highest BCUT2D eigenvalue weighted by atomic mass is 14.8. The first kappa shape index (κ1) is 9.13. The van der Waals surface area contributed by atoms with E-state index in [9.17, 15) is 0 Å². The van der Waals surface area contributed by atoms with E-state index in [-0.39, 0.29) is 6.04 Å². The fourth-order valence-corrected chi connectivity index (χ4v) is 1.18. The van der Waals surface area contributed by atoms with Crippen molar-refractivity contribution in [1.82, 2.24) is 9.97 Å². The van der Waals surface area contributed by atoms with Gasteiger partial charge in [0.15, 0.2) is 0 Å². The Labute approximate surface area is 73.0 Å². The normalized spacial score (nSPS) is 12.8. The Bertz CT molecular complexity index is 210. The molecular formula is C9H15N3. The van der Waals surface area contributed by atoms with Crippen molar-refractivity contribution in [1.29, 1.82) is 0 Å². The minimum Gasteiger partial charge on any atom is -0.327 e. The Hall–Kier alpha value is -0.960. The smallest absolute Gasteiger partial charge is 0.115 e. The quantitative estimate of drug-likeness (QED) is 0.728. The second kappa shape index (κ2) is 4.83. The van der Waals surface area contributed by atoms with Crippen molar-refractivity contribution >= 4 is 0 Å². The van der Waals surface area contributed by atoms with E-state index in [1.165, 1.54) is 0 Å². The molecule has 0 aromatic carbocycles. The van der Waals surface area contributed by atoms with Gasteiger partial charge >= 0.3 is 0 Å². The monoisotopic (exact) mass is 165 g/mol. The van der Waals surface area contributed by atoms with Gasteiger partial charge in [0.05, 0.1) is 0 Å². The molecule has 0 radical (unpaired) electrons. The molecule has 0 spiro atoms. The molecule has 1 aromatic heterocycles. The molecule has 0 saturated heterocycles. The lowest BCUT2D eigenvalue weighted by Gasteiger charge is -2.08. The molecule has 1 unspecified atom stereocenters. The van der Waals surface area contributed by atoms with Gasteiger partial charge in [0, 0.05) is 24.4 Å². The van der Waals surface area contributed by atoms with E-state index < -0.39 is 0 Å². The van der Waals surface area contributed by atoms with Crippen LogP contribution in [0.2, 0.25) is 0 Å². The number of hydrogen-bond donors (Lipinski definition) is 1. The fraction of sp³-hybridized carbons (Fsp3) is 0.556. The summed E-state index contributed by atoms with van der Waals surface area (Å²) in [5.41, 5.74) is 6.89. The molecule has 66 valence electrons. The second-order valence-electron chi connectivity index (χ2n) is 2.95. The molecule has 1 aromatic rings. The summed E-state index contributed by atoms with van der Waals surface area (Å²) >= 11 is 0. The molecule has 1 atom stereocenters. The largest absolute Gasteiger partial charge is 0.327 e. The number of rotatable bonds is 4. The van der Waals surface area contributed by atoms with Gasteiger partial charge in [0.2, 0.25) is 0 Å². The van der Waals surface area contributed by atoms with Crippen LogP contribution in [0, 0.1) is 0 Å². The molecule has 1 rings (SSSR count). The van der Waals surface area contributed by atoms with Gasteiger partial charge in [-0.2, -0.15) is 0 Å². The van der Waals surface area contributed by atoms with Crippen LogP contribution in [0.5, 0.6) is 0 Å². The summed E-state index contributed by atoms with van der Waals surface area (Å²) in [5.74, 6) is 0. The maximum Gasteiger partial charge on any atom is 0.115 e. The highest BCUT2D eigenvalue weighted by molar-refractivity contribution is 4.99. The maximum atomic E-state index is 5.86. The van der Waals surface area contributed by atoms with Gasteiger partial charge in [-0.05, 0) is 12.5 Å². The first-order valence-electron chi connectivity index (χ1n) is 4.33. The molecule has 0 saturated carbocycles. The molecular weight excluding hydrogens is 150 g/mol. The number of nitrogens with zero attached hydrogens (tertiary/aromatic N) is 2. The van der Waals surface area contributed by atoms with Gasteiger partial charge < -0.3 is 5.73 Å². The lowest BCUT2D eigenvalue weighted by molar-refractivity contribution is 0.593. The van der Waals surface area contributed by atoms with E-state index in [0.29, 0.717) is 0 Å². The first-order chi connectivity index (χ1) is 5.83. The standard InChI is InChI=1S/C9H15N3/c1-2-3-8(10)6-9-4-5-11-7-12-9/h4-5,7-8H,2-3,6,10H2,1H3. The minimum absolute atomic E-state index is 0.241. The Kier molecular flexibility index (Phi) is 3.67. The van der Waals surface area contributed by atoms with Crippen molar-refractivity contribution in [3.63, 3.8) is 0 Å². The highest BCUT2D eigenvalue weighted by Crippen LogP contribution is 2.01. The first-order valence-corrected chi connectivity index (χ1v) is 4.33. The Balaban J connectivity index is 2.41. The summed E-state index contributed by atoms with van der Waals surface area (Å²) in [7, 11) is 0. The number of hydrogen-bond acceptors (Lipinski definition) is 3. The predicted octanol–water partition coefficient (Wildman–Crippen LogP) is 1.15. The molecule has 2 N–H and O–H groups in total. The summed E-state index contributed by atoms with van der Waals surface area (Å²) < 4.78 is 0. The van der Waals surface area contributed by atoms with Crippen LogP contribution in [-0.4, -0.2) is 16.0 Å². The van der Waals surface area contributed by atoms with E-state index >= 15 is 0 Å². The summed E-state index contributed by atoms with van der Waals surface area (Å²) in [4.78, 5) is 7.96. The maximum absolute atomic E-state index is 5.86. The molecule has 0 amide bonds. The van der Waals surface area contributed by atoms with Crippen LogP contribution in [0.1, 0.15) is 25.5 Å². The number of nitrogens with two attached hydrogens (primary N) is 1. The van der Waals surface area contributed by atoms with Crippen molar-refractivity contribution < 1.29 is 0 Å². The third-order valence-corrected chi connectivity index (χ3v) is 1.77. The molecule has 0 aliphatic rings. The van der Waals surface area contributed by atoms with Crippen molar-refractivity contribution in [2.24, 2.45) is 5.73 Å². The van der Waals surface area contributed by atoms with Crippen LogP contribution < -0.4 is 5.73 Å². The topological polar surface area (TPSA) is 51.8 Å². The van der Waals surface area contributed by atoms with Crippen molar-refractivity contribution in [2.45, 2.75) is 32.2 Å².